The van der Waals surface area contributed by atoms with Gasteiger partial charge in [-0.25, -0.2) is 15.0 Å². The molecule has 23 heavy (non-hydrogen) atoms. The van der Waals surface area contributed by atoms with Crippen LogP contribution in [0.3, 0.4) is 0 Å². The zero-order valence-corrected chi connectivity index (χ0v) is 14.3. The van der Waals surface area contributed by atoms with E-state index >= 15 is 0 Å². The van der Waals surface area contributed by atoms with Gasteiger partial charge >= 0.3 is 0 Å². The smallest absolute Gasteiger partial charge is 0.225 e. The standard InChI is InChI=1S/C16H17N5S2/c1-3-17-16(18-4-1)21-7-5-20(6-8-21)10-14-12-23-15(19-14)13-2-9-22-11-13/h1-4,9,11-12H,5-8,10H2. The third-order valence-corrected chi connectivity index (χ3v) is 5.54. The summed E-state index contributed by atoms with van der Waals surface area (Å²) in [4.78, 5) is 18.1. The summed E-state index contributed by atoms with van der Waals surface area (Å²) in [5.41, 5.74) is 2.40. The molecule has 7 heteroatoms. The van der Waals surface area contributed by atoms with E-state index in [9.17, 15) is 0 Å². The van der Waals surface area contributed by atoms with Crippen molar-refractivity contribution in [2.75, 3.05) is 31.1 Å². The van der Waals surface area contributed by atoms with Gasteiger partial charge in [-0.05, 0) is 17.5 Å². The van der Waals surface area contributed by atoms with Crippen molar-refractivity contribution < 1.29 is 0 Å². The minimum Gasteiger partial charge on any atom is -0.338 e. The van der Waals surface area contributed by atoms with Crippen molar-refractivity contribution in [3.05, 3.63) is 46.4 Å². The van der Waals surface area contributed by atoms with Crippen LogP contribution in [-0.4, -0.2) is 46.0 Å². The van der Waals surface area contributed by atoms with E-state index in [2.05, 4.69) is 42.0 Å². The molecule has 4 rings (SSSR count). The van der Waals surface area contributed by atoms with E-state index in [0.717, 1.165) is 43.7 Å². The fourth-order valence-corrected chi connectivity index (χ4v) is 4.21. The Hall–Kier alpha value is -1.83. The highest BCUT2D eigenvalue weighted by atomic mass is 32.1. The van der Waals surface area contributed by atoms with Gasteiger partial charge in [0.15, 0.2) is 0 Å². The summed E-state index contributed by atoms with van der Waals surface area (Å²) in [5, 5.41) is 7.56. The predicted octanol–water partition coefficient (Wildman–Crippen LogP) is 2.98. The van der Waals surface area contributed by atoms with Gasteiger partial charge in [-0.15, -0.1) is 11.3 Å². The lowest BCUT2D eigenvalue weighted by atomic mass is 10.3. The summed E-state index contributed by atoms with van der Waals surface area (Å²) in [7, 11) is 0. The van der Waals surface area contributed by atoms with Gasteiger partial charge in [0, 0.05) is 61.4 Å². The highest BCUT2D eigenvalue weighted by molar-refractivity contribution is 7.14. The Balaban J connectivity index is 1.35. The molecule has 5 nitrogen and oxygen atoms in total. The molecule has 0 amide bonds. The number of anilines is 1. The van der Waals surface area contributed by atoms with Gasteiger partial charge < -0.3 is 4.90 Å². The second kappa shape index (κ2) is 6.74. The van der Waals surface area contributed by atoms with Crippen LogP contribution in [0.2, 0.25) is 0 Å². The number of piperazine rings is 1. The van der Waals surface area contributed by atoms with E-state index in [1.807, 2.05) is 6.07 Å². The molecule has 0 N–H and O–H groups in total. The molecule has 1 fully saturated rings. The average molecular weight is 343 g/mol. The van der Waals surface area contributed by atoms with Gasteiger partial charge in [0.25, 0.3) is 0 Å². The lowest BCUT2D eigenvalue weighted by Crippen LogP contribution is -2.46. The van der Waals surface area contributed by atoms with Crippen LogP contribution in [0.15, 0.2) is 40.7 Å². The summed E-state index contributed by atoms with van der Waals surface area (Å²) in [6.45, 7) is 4.88. The molecule has 0 aliphatic carbocycles. The zero-order valence-electron chi connectivity index (χ0n) is 12.6. The summed E-state index contributed by atoms with van der Waals surface area (Å²) in [5.74, 6) is 0.834. The molecule has 118 valence electrons. The average Bonchev–Trinajstić information content (AvgIpc) is 3.28. The number of rotatable bonds is 4. The molecule has 3 aromatic heterocycles. The van der Waals surface area contributed by atoms with Crippen LogP contribution in [0.25, 0.3) is 10.6 Å². The van der Waals surface area contributed by atoms with Gasteiger partial charge in [0.05, 0.1) is 5.69 Å². The molecule has 3 aromatic rings. The summed E-state index contributed by atoms with van der Waals surface area (Å²) < 4.78 is 0. The van der Waals surface area contributed by atoms with Crippen LogP contribution in [-0.2, 0) is 6.54 Å². The number of hydrogen-bond acceptors (Lipinski definition) is 7. The number of aromatic nitrogens is 3. The Bertz CT molecular complexity index is 733. The first-order valence-electron chi connectivity index (χ1n) is 7.60. The van der Waals surface area contributed by atoms with Crippen molar-refractivity contribution in [3.8, 4) is 10.6 Å². The van der Waals surface area contributed by atoms with Crippen LogP contribution in [0.4, 0.5) is 5.95 Å². The van der Waals surface area contributed by atoms with Crippen molar-refractivity contribution in [2.45, 2.75) is 6.54 Å². The van der Waals surface area contributed by atoms with Crippen LogP contribution < -0.4 is 4.90 Å². The van der Waals surface area contributed by atoms with Crippen molar-refractivity contribution in [3.63, 3.8) is 0 Å². The second-order valence-corrected chi connectivity index (χ2v) is 7.11. The normalized spacial score (nSPS) is 15.9. The van der Waals surface area contributed by atoms with E-state index in [0.29, 0.717) is 0 Å². The Morgan fingerprint density at radius 3 is 2.61 bits per heavy atom. The first kappa shape index (κ1) is 14.7. The first-order valence-corrected chi connectivity index (χ1v) is 9.42. The first-order chi connectivity index (χ1) is 11.4. The third-order valence-electron chi connectivity index (χ3n) is 3.91. The molecule has 0 bridgehead atoms. The Labute approximate surface area is 143 Å². The molecule has 1 aliphatic heterocycles. The van der Waals surface area contributed by atoms with Crippen molar-refractivity contribution in [2.24, 2.45) is 0 Å². The molecule has 4 heterocycles. The number of hydrogen-bond donors (Lipinski definition) is 0. The fraction of sp³-hybridized carbons (Fsp3) is 0.312. The lowest BCUT2D eigenvalue weighted by molar-refractivity contribution is 0.246. The molecular formula is C16H17N5S2. The molecular weight excluding hydrogens is 326 g/mol. The molecule has 0 unspecified atom stereocenters. The maximum Gasteiger partial charge on any atom is 0.225 e. The SMILES string of the molecule is c1cnc(N2CCN(Cc3csc(-c4ccsc4)n3)CC2)nc1. The van der Waals surface area contributed by atoms with Gasteiger partial charge in [0.2, 0.25) is 5.95 Å². The van der Waals surface area contributed by atoms with Crippen molar-refractivity contribution in [1.82, 2.24) is 19.9 Å². The topological polar surface area (TPSA) is 45.2 Å². The van der Waals surface area contributed by atoms with Gasteiger partial charge in [0.1, 0.15) is 5.01 Å². The Morgan fingerprint density at radius 2 is 1.87 bits per heavy atom. The molecule has 0 aromatic carbocycles. The second-order valence-electron chi connectivity index (χ2n) is 5.47. The summed E-state index contributed by atoms with van der Waals surface area (Å²) in [6.07, 6.45) is 3.60. The van der Waals surface area contributed by atoms with Crippen LogP contribution >= 0.6 is 22.7 Å². The predicted molar refractivity (Wildman–Crippen MR) is 94.9 cm³/mol. The molecule has 0 spiro atoms. The van der Waals surface area contributed by atoms with Crippen LogP contribution in [0.5, 0.6) is 0 Å². The quantitative estimate of drug-likeness (QED) is 0.729. The van der Waals surface area contributed by atoms with E-state index in [1.165, 1.54) is 11.3 Å². The largest absolute Gasteiger partial charge is 0.338 e. The van der Waals surface area contributed by atoms with Crippen molar-refractivity contribution in [1.29, 1.82) is 0 Å². The zero-order chi connectivity index (χ0) is 15.5. The highest BCUT2D eigenvalue weighted by Crippen LogP contribution is 2.26. The van der Waals surface area contributed by atoms with E-state index < -0.39 is 0 Å². The van der Waals surface area contributed by atoms with Gasteiger partial charge in [-0.3, -0.25) is 4.90 Å². The lowest BCUT2D eigenvalue weighted by Gasteiger charge is -2.34. The highest BCUT2D eigenvalue weighted by Gasteiger charge is 2.19. The third kappa shape index (κ3) is 3.41. The maximum atomic E-state index is 4.77. The van der Waals surface area contributed by atoms with Gasteiger partial charge in [-0.2, -0.15) is 11.3 Å². The number of nitrogens with zero attached hydrogens (tertiary/aromatic N) is 5. The Kier molecular flexibility index (Phi) is 4.32. The van der Waals surface area contributed by atoms with Crippen molar-refractivity contribution >= 4 is 28.6 Å². The van der Waals surface area contributed by atoms with Gasteiger partial charge in [-0.1, -0.05) is 0 Å². The number of thiophene rings is 1. The van der Waals surface area contributed by atoms with E-state index in [-0.39, 0.29) is 0 Å². The minimum atomic E-state index is 0.834. The molecule has 0 saturated carbocycles. The molecule has 0 atom stereocenters. The van der Waals surface area contributed by atoms with E-state index in [4.69, 9.17) is 4.98 Å². The summed E-state index contributed by atoms with van der Waals surface area (Å²) >= 11 is 3.45. The van der Waals surface area contributed by atoms with Crippen LogP contribution in [0, 0.1) is 0 Å². The van der Waals surface area contributed by atoms with Crippen LogP contribution in [0.1, 0.15) is 5.69 Å². The molecule has 1 aliphatic rings. The minimum absolute atomic E-state index is 0.834. The molecule has 0 radical (unpaired) electrons. The molecule has 1 saturated heterocycles. The maximum absolute atomic E-state index is 4.77. The number of thiazole rings is 1. The van der Waals surface area contributed by atoms with E-state index in [1.54, 1.807) is 35.1 Å². The Morgan fingerprint density at radius 1 is 1.04 bits per heavy atom. The monoisotopic (exact) mass is 343 g/mol. The summed E-state index contributed by atoms with van der Waals surface area (Å²) in [6, 6.07) is 3.99. The fourth-order valence-electron chi connectivity index (χ4n) is 2.69.